The zero-order chi connectivity index (χ0) is 11.2. The summed E-state index contributed by atoms with van der Waals surface area (Å²) in [6, 6.07) is 1.33. The highest BCUT2D eigenvalue weighted by atomic mass is 79.9. The largest absolute Gasteiger partial charge is 0.504 e. The number of aromatic hydroxyl groups is 1. The van der Waals surface area contributed by atoms with Crippen LogP contribution in [0, 0.1) is 5.82 Å². The Morgan fingerprint density at radius 3 is 2.60 bits per heavy atom. The molecule has 0 atom stereocenters. The van der Waals surface area contributed by atoms with Crippen molar-refractivity contribution in [3.05, 3.63) is 21.9 Å². The normalized spacial score (nSPS) is 17.6. The predicted molar refractivity (Wildman–Crippen MR) is 55.4 cm³/mol. The molecule has 1 fully saturated rings. The van der Waals surface area contributed by atoms with Gasteiger partial charge in [0.1, 0.15) is 5.82 Å². The first-order valence-corrected chi connectivity index (χ1v) is 5.27. The first-order valence-electron chi connectivity index (χ1n) is 4.47. The number of benzene rings is 1. The highest BCUT2D eigenvalue weighted by Gasteiger charge is 2.47. The van der Waals surface area contributed by atoms with E-state index in [4.69, 9.17) is 4.74 Å². The third-order valence-corrected chi connectivity index (χ3v) is 3.14. The number of hydrogen-bond acceptors (Lipinski definition) is 3. The van der Waals surface area contributed by atoms with E-state index in [0.29, 0.717) is 12.8 Å². The summed E-state index contributed by atoms with van der Waals surface area (Å²) in [4.78, 5) is 0. The van der Waals surface area contributed by atoms with Crippen LogP contribution in [0.2, 0.25) is 0 Å². The van der Waals surface area contributed by atoms with Crippen molar-refractivity contribution in [1.82, 2.24) is 0 Å². The van der Waals surface area contributed by atoms with Gasteiger partial charge in [-0.3, -0.25) is 0 Å². The Labute approximate surface area is 94.6 Å². The Morgan fingerprint density at radius 2 is 2.13 bits per heavy atom. The van der Waals surface area contributed by atoms with Gasteiger partial charge in [0.05, 0.1) is 22.7 Å². The Hall–Kier alpha value is -0.810. The molecule has 0 saturated heterocycles. The summed E-state index contributed by atoms with van der Waals surface area (Å²) in [5.41, 5.74) is -1.31. The van der Waals surface area contributed by atoms with Crippen molar-refractivity contribution in [1.29, 1.82) is 0 Å². The summed E-state index contributed by atoms with van der Waals surface area (Å²) in [6.07, 6.45) is 0.911. The minimum atomic E-state index is -1.23. The second-order valence-electron chi connectivity index (χ2n) is 3.63. The van der Waals surface area contributed by atoms with Gasteiger partial charge >= 0.3 is 0 Å². The van der Waals surface area contributed by atoms with Gasteiger partial charge in [-0.25, -0.2) is 4.39 Å². The highest BCUT2D eigenvalue weighted by molar-refractivity contribution is 9.10. The smallest absolute Gasteiger partial charge is 0.166 e. The van der Waals surface area contributed by atoms with Crippen LogP contribution in [0.1, 0.15) is 18.4 Å². The first kappa shape index (κ1) is 10.7. The molecule has 1 aromatic rings. The lowest BCUT2D eigenvalue weighted by atomic mass is 10.1. The molecule has 82 valence electrons. The number of aliphatic hydroxyl groups is 1. The van der Waals surface area contributed by atoms with E-state index in [2.05, 4.69) is 15.9 Å². The molecule has 1 saturated carbocycles. The maximum Gasteiger partial charge on any atom is 0.166 e. The summed E-state index contributed by atoms with van der Waals surface area (Å²) < 4.78 is 18.8. The lowest BCUT2D eigenvalue weighted by Gasteiger charge is -2.15. The van der Waals surface area contributed by atoms with Gasteiger partial charge in [0.15, 0.2) is 11.5 Å². The van der Waals surface area contributed by atoms with E-state index in [0.717, 1.165) is 0 Å². The molecule has 0 aromatic heterocycles. The van der Waals surface area contributed by atoms with Crippen LogP contribution in [-0.2, 0) is 5.60 Å². The molecule has 0 amide bonds. The van der Waals surface area contributed by atoms with Gasteiger partial charge < -0.3 is 14.9 Å². The number of rotatable bonds is 2. The molecule has 2 rings (SSSR count). The molecule has 0 radical (unpaired) electrons. The molecule has 0 unspecified atom stereocenters. The average molecular weight is 277 g/mol. The van der Waals surface area contributed by atoms with Crippen LogP contribution in [0.15, 0.2) is 10.5 Å². The van der Waals surface area contributed by atoms with E-state index in [9.17, 15) is 14.6 Å². The minimum Gasteiger partial charge on any atom is -0.504 e. The molecule has 0 spiro atoms. The molecule has 1 aromatic carbocycles. The fourth-order valence-corrected chi connectivity index (χ4v) is 1.95. The van der Waals surface area contributed by atoms with Crippen molar-refractivity contribution in [3.63, 3.8) is 0 Å². The molecule has 1 aliphatic rings. The van der Waals surface area contributed by atoms with Gasteiger partial charge in [0.2, 0.25) is 0 Å². The second-order valence-corrected chi connectivity index (χ2v) is 4.48. The zero-order valence-electron chi connectivity index (χ0n) is 8.05. The number of phenolic OH excluding ortho intramolecular Hbond substituents is 1. The van der Waals surface area contributed by atoms with Crippen molar-refractivity contribution in [2.45, 2.75) is 18.4 Å². The van der Waals surface area contributed by atoms with Crippen molar-refractivity contribution >= 4 is 15.9 Å². The SMILES string of the molecule is COc1cc(Br)c(F)c(C2(O)CC2)c1O. The fourth-order valence-electron chi connectivity index (χ4n) is 1.54. The Morgan fingerprint density at radius 1 is 1.53 bits per heavy atom. The second kappa shape index (κ2) is 3.35. The lowest BCUT2D eigenvalue weighted by Crippen LogP contribution is -2.09. The molecule has 0 heterocycles. The number of halogens is 2. The molecule has 0 bridgehead atoms. The van der Waals surface area contributed by atoms with Gasteiger partial charge in [-0.2, -0.15) is 0 Å². The summed E-state index contributed by atoms with van der Waals surface area (Å²) in [5.74, 6) is -0.801. The topological polar surface area (TPSA) is 49.7 Å². The summed E-state index contributed by atoms with van der Waals surface area (Å²) >= 11 is 3.01. The maximum atomic E-state index is 13.7. The van der Waals surface area contributed by atoms with Crippen LogP contribution in [-0.4, -0.2) is 17.3 Å². The molecule has 3 nitrogen and oxygen atoms in total. The summed E-state index contributed by atoms with van der Waals surface area (Å²) in [6.45, 7) is 0. The monoisotopic (exact) mass is 276 g/mol. The minimum absolute atomic E-state index is 0.0753. The average Bonchev–Trinajstić information content (AvgIpc) is 2.91. The van der Waals surface area contributed by atoms with Gasteiger partial charge in [-0.15, -0.1) is 0 Å². The van der Waals surface area contributed by atoms with Crippen LogP contribution in [0.25, 0.3) is 0 Å². The van der Waals surface area contributed by atoms with Crippen molar-refractivity contribution in [3.8, 4) is 11.5 Å². The molecule has 15 heavy (non-hydrogen) atoms. The van der Waals surface area contributed by atoms with E-state index in [1.807, 2.05) is 0 Å². The quantitative estimate of drug-likeness (QED) is 0.872. The number of phenols is 1. The van der Waals surface area contributed by atoms with Crippen molar-refractivity contribution in [2.75, 3.05) is 7.11 Å². The van der Waals surface area contributed by atoms with Crippen LogP contribution >= 0.6 is 15.9 Å². The van der Waals surface area contributed by atoms with Crippen LogP contribution in [0.4, 0.5) is 4.39 Å². The van der Waals surface area contributed by atoms with E-state index in [1.54, 1.807) is 0 Å². The van der Waals surface area contributed by atoms with Crippen molar-refractivity contribution in [2.24, 2.45) is 0 Å². The molecular weight excluding hydrogens is 267 g/mol. The Balaban J connectivity index is 2.65. The number of hydrogen-bond donors (Lipinski definition) is 2. The molecule has 0 aliphatic heterocycles. The zero-order valence-corrected chi connectivity index (χ0v) is 9.64. The first-order chi connectivity index (χ1) is 6.99. The molecule has 2 N–H and O–H groups in total. The van der Waals surface area contributed by atoms with Crippen molar-refractivity contribution < 1.29 is 19.3 Å². The van der Waals surface area contributed by atoms with E-state index >= 15 is 0 Å². The standard InChI is InChI=1S/C10H10BrFO3/c1-15-6-4-5(11)8(12)7(9(6)13)10(14)2-3-10/h4,13-14H,2-3H2,1H3. The molecule has 5 heteroatoms. The fraction of sp³-hybridized carbons (Fsp3) is 0.400. The van der Waals surface area contributed by atoms with Crippen LogP contribution in [0.5, 0.6) is 11.5 Å². The third-order valence-electron chi connectivity index (χ3n) is 2.57. The van der Waals surface area contributed by atoms with E-state index in [1.165, 1.54) is 13.2 Å². The highest BCUT2D eigenvalue weighted by Crippen LogP contribution is 2.53. The third kappa shape index (κ3) is 1.59. The number of ether oxygens (including phenoxy) is 1. The Bertz CT molecular complexity index is 416. The van der Waals surface area contributed by atoms with Crippen LogP contribution in [0.3, 0.4) is 0 Å². The van der Waals surface area contributed by atoms with E-state index < -0.39 is 11.4 Å². The maximum absolute atomic E-state index is 13.7. The Kier molecular flexibility index (Phi) is 2.39. The predicted octanol–water partition coefficient (Wildman–Crippen LogP) is 2.28. The summed E-state index contributed by atoms with van der Waals surface area (Å²) in [5, 5.41) is 19.6. The van der Waals surface area contributed by atoms with Gasteiger partial charge in [0, 0.05) is 6.07 Å². The lowest BCUT2D eigenvalue weighted by molar-refractivity contribution is 0.141. The summed E-state index contributed by atoms with van der Waals surface area (Å²) in [7, 11) is 1.38. The van der Waals surface area contributed by atoms with Crippen LogP contribution < -0.4 is 4.74 Å². The van der Waals surface area contributed by atoms with Gasteiger partial charge in [-0.1, -0.05) is 0 Å². The van der Waals surface area contributed by atoms with Gasteiger partial charge in [-0.05, 0) is 28.8 Å². The van der Waals surface area contributed by atoms with E-state index in [-0.39, 0.29) is 21.5 Å². The number of methoxy groups -OCH3 is 1. The van der Waals surface area contributed by atoms with Gasteiger partial charge in [0.25, 0.3) is 0 Å². The molecule has 1 aliphatic carbocycles. The molecular formula is C10H10BrFO3.